The van der Waals surface area contributed by atoms with Crippen LogP contribution in [0.5, 0.6) is 0 Å². The van der Waals surface area contributed by atoms with E-state index in [0.717, 1.165) is 11.4 Å². The van der Waals surface area contributed by atoms with Gasteiger partial charge in [-0.25, -0.2) is 0 Å². The molecule has 82 valence electrons. The van der Waals surface area contributed by atoms with Crippen molar-refractivity contribution >= 4 is 11.6 Å². The van der Waals surface area contributed by atoms with E-state index in [1.165, 1.54) is 11.1 Å². The molecule has 0 amide bonds. The Labute approximate surface area is 96.6 Å². The van der Waals surface area contributed by atoms with Crippen LogP contribution < -0.4 is 5.73 Å². The molecule has 0 heterocycles. The third-order valence-electron chi connectivity index (χ3n) is 3.96. The van der Waals surface area contributed by atoms with Crippen LogP contribution >= 0.6 is 11.6 Å². The van der Waals surface area contributed by atoms with Gasteiger partial charge in [-0.1, -0.05) is 37.6 Å². The van der Waals surface area contributed by atoms with Gasteiger partial charge in [0.2, 0.25) is 0 Å². The fraction of sp³-hybridized carbons (Fsp3) is 0.538. The highest BCUT2D eigenvalue weighted by molar-refractivity contribution is 6.31. The fourth-order valence-corrected chi connectivity index (χ4v) is 3.23. The van der Waals surface area contributed by atoms with Gasteiger partial charge in [0.25, 0.3) is 0 Å². The Morgan fingerprint density at radius 2 is 2.00 bits per heavy atom. The molecular weight excluding hydrogens is 206 g/mol. The van der Waals surface area contributed by atoms with E-state index < -0.39 is 0 Å². The molecule has 0 aromatic heterocycles. The fourth-order valence-electron chi connectivity index (χ4n) is 2.83. The molecule has 1 fully saturated rings. The Morgan fingerprint density at radius 3 is 2.40 bits per heavy atom. The summed E-state index contributed by atoms with van der Waals surface area (Å²) in [6, 6.07) is 6.09. The van der Waals surface area contributed by atoms with Gasteiger partial charge >= 0.3 is 0 Å². The topological polar surface area (TPSA) is 26.0 Å². The molecule has 15 heavy (non-hydrogen) atoms. The highest BCUT2D eigenvalue weighted by Gasteiger charge is 2.62. The average molecular weight is 224 g/mol. The van der Waals surface area contributed by atoms with E-state index in [2.05, 4.69) is 26.8 Å². The molecular formula is C13H18ClN. The third kappa shape index (κ3) is 1.41. The molecule has 2 N–H and O–H groups in total. The Bertz CT molecular complexity index is 377. The molecule has 1 atom stereocenters. The van der Waals surface area contributed by atoms with E-state index in [9.17, 15) is 0 Å². The highest BCUT2D eigenvalue weighted by Crippen LogP contribution is 2.65. The third-order valence-corrected chi connectivity index (χ3v) is 4.28. The first-order valence-electron chi connectivity index (χ1n) is 5.40. The number of aryl methyl sites for hydroxylation is 1. The molecule has 1 nitrogen and oxygen atoms in total. The second-order valence-electron chi connectivity index (χ2n) is 5.28. The van der Waals surface area contributed by atoms with Crippen molar-refractivity contribution in [1.29, 1.82) is 0 Å². The average Bonchev–Trinajstić information content (AvgIpc) is 2.69. The summed E-state index contributed by atoms with van der Waals surface area (Å²) in [4.78, 5) is 0. The second-order valence-corrected chi connectivity index (χ2v) is 5.69. The summed E-state index contributed by atoms with van der Waals surface area (Å²) in [5.41, 5.74) is 8.88. The maximum atomic E-state index is 6.30. The molecule has 0 spiro atoms. The van der Waals surface area contributed by atoms with Gasteiger partial charge in [-0.15, -0.1) is 0 Å². The molecule has 0 saturated heterocycles. The minimum absolute atomic E-state index is 0.107. The first-order valence-corrected chi connectivity index (χ1v) is 5.78. The molecule has 1 unspecified atom stereocenters. The lowest BCUT2D eigenvalue weighted by Gasteiger charge is -2.22. The van der Waals surface area contributed by atoms with Crippen molar-refractivity contribution in [1.82, 2.24) is 0 Å². The second kappa shape index (κ2) is 3.23. The van der Waals surface area contributed by atoms with Gasteiger partial charge in [0.1, 0.15) is 0 Å². The molecule has 1 aliphatic carbocycles. The van der Waals surface area contributed by atoms with Crippen molar-refractivity contribution in [2.24, 2.45) is 11.1 Å². The Kier molecular flexibility index (Phi) is 2.36. The monoisotopic (exact) mass is 223 g/mol. The van der Waals surface area contributed by atoms with Crippen molar-refractivity contribution in [3.05, 3.63) is 34.3 Å². The zero-order valence-electron chi connectivity index (χ0n) is 9.60. The minimum Gasteiger partial charge on any atom is -0.330 e. The number of benzene rings is 1. The maximum absolute atomic E-state index is 6.30. The van der Waals surface area contributed by atoms with Crippen molar-refractivity contribution < 1.29 is 0 Å². The molecule has 2 heteroatoms. The van der Waals surface area contributed by atoms with Gasteiger partial charge < -0.3 is 5.73 Å². The highest BCUT2D eigenvalue weighted by atomic mass is 35.5. The lowest BCUT2D eigenvalue weighted by Crippen LogP contribution is -2.26. The van der Waals surface area contributed by atoms with Crippen molar-refractivity contribution in [3.63, 3.8) is 0 Å². The number of nitrogens with two attached hydrogens (primary N) is 1. The van der Waals surface area contributed by atoms with Crippen LogP contribution in [0.1, 0.15) is 31.4 Å². The molecule has 0 bridgehead atoms. The lowest BCUT2D eigenvalue weighted by atomic mass is 9.85. The molecule has 0 radical (unpaired) electrons. The van der Waals surface area contributed by atoms with Crippen LogP contribution in [-0.4, -0.2) is 6.54 Å². The number of rotatable bonds is 2. The predicted octanol–water partition coefficient (Wildman–Crippen LogP) is 3.27. The van der Waals surface area contributed by atoms with Gasteiger partial charge in [0.05, 0.1) is 0 Å². The maximum Gasteiger partial charge on any atom is 0.0447 e. The van der Waals surface area contributed by atoms with E-state index >= 15 is 0 Å². The zero-order chi connectivity index (χ0) is 11.3. The summed E-state index contributed by atoms with van der Waals surface area (Å²) in [5, 5.41) is 0.867. The number of halogens is 1. The molecule has 1 aliphatic rings. The smallest absolute Gasteiger partial charge is 0.0447 e. The number of hydrogen-bond acceptors (Lipinski definition) is 1. The quantitative estimate of drug-likeness (QED) is 0.818. The number of hydrogen-bond donors (Lipinski definition) is 1. The van der Waals surface area contributed by atoms with Crippen LogP contribution in [0.25, 0.3) is 0 Å². The van der Waals surface area contributed by atoms with Crippen molar-refractivity contribution in [2.75, 3.05) is 6.54 Å². The van der Waals surface area contributed by atoms with Crippen molar-refractivity contribution in [3.8, 4) is 0 Å². The Morgan fingerprint density at radius 1 is 1.40 bits per heavy atom. The van der Waals surface area contributed by atoms with Gasteiger partial charge in [-0.2, -0.15) is 0 Å². The zero-order valence-corrected chi connectivity index (χ0v) is 10.4. The van der Waals surface area contributed by atoms with Crippen LogP contribution in [0, 0.1) is 12.3 Å². The van der Waals surface area contributed by atoms with Gasteiger partial charge in [-0.3, -0.25) is 0 Å². The molecule has 1 saturated carbocycles. The molecule has 0 aliphatic heterocycles. The summed E-state index contributed by atoms with van der Waals surface area (Å²) in [6.07, 6.45) is 1.14. The van der Waals surface area contributed by atoms with Gasteiger partial charge in [0, 0.05) is 17.0 Å². The summed E-state index contributed by atoms with van der Waals surface area (Å²) in [7, 11) is 0. The molecule has 1 aromatic carbocycles. The Balaban J connectivity index is 2.55. The van der Waals surface area contributed by atoms with Crippen molar-refractivity contribution in [2.45, 2.75) is 32.6 Å². The van der Waals surface area contributed by atoms with Crippen LogP contribution in [-0.2, 0) is 5.41 Å². The SMILES string of the molecule is Cc1cccc(Cl)c1C1(CN)CC1(C)C. The summed E-state index contributed by atoms with van der Waals surface area (Å²) >= 11 is 6.30. The lowest BCUT2D eigenvalue weighted by molar-refractivity contribution is 0.501. The molecule has 2 rings (SSSR count). The first kappa shape index (κ1) is 11.0. The van der Waals surface area contributed by atoms with E-state index in [0.29, 0.717) is 6.54 Å². The van der Waals surface area contributed by atoms with Gasteiger partial charge in [0.15, 0.2) is 0 Å². The van der Waals surface area contributed by atoms with Crippen LogP contribution in [0.4, 0.5) is 0 Å². The summed E-state index contributed by atoms with van der Waals surface area (Å²) in [6.45, 7) is 7.34. The van der Waals surface area contributed by atoms with E-state index in [1.54, 1.807) is 0 Å². The minimum atomic E-state index is 0.107. The van der Waals surface area contributed by atoms with Crippen LogP contribution in [0.3, 0.4) is 0 Å². The summed E-state index contributed by atoms with van der Waals surface area (Å²) in [5.74, 6) is 0. The van der Waals surface area contributed by atoms with E-state index in [1.807, 2.05) is 12.1 Å². The predicted molar refractivity (Wildman–Crippen MR) is 65.3 cm³/mol. The first-order chi connectivity index (χ1) is 6.94. The van der Waals surface area contributed by atoms with Gasteiger partial charge in [-0.05, 0) is 36.0 Å². The van der Waals surface area contributed by atoms with E-state index in [4.69, 9.17) is 17.3 Å². The van der Waals surface area contributed by atoms with Crippen LogP contribution in [0.15, 0.2) is 18.2 Å². The standard InChI is InChI=1S/C13H18ClN/c1-9-5-4-6-10(14)11(9)13(8-15)7-12(13,2)3/h4-6H,7-8,15H2,1-3H3. The molecule has 1 aromatic rings. The summed E-state index contributed by atoms with van der Waals surface area (Å²) < 4.78 is 0. The van der Waals surface area contributed by atoms with Crippen LogP contribution in [0.2, 0.25) is 5.02 Å². The van der Waals surface area contributed by atoms with E-state index in [-0.39, 0.29) is 10.8 Å². The largest absolute Gasteiger partial charge is 0.330 e. The normalized spacial score (nSPS) is 27.8. The Hall–Kier alpha value is -0.530.